The van der Waals surface area contributed by atoms with Gasteiger partial charge in [0.2, 0.25) is 0 Å². The Balaban J connectivity index is 1.73. The SMILES string of the molecule is CCCCCCCC[C@H](Oc1ccc2c(=O)c(-c3ccccc3)coc2c1)C(=O)OC. The molecule has 0 N–H and O–H groups in total. The second-order valence-corrected chi connectivity index (χ2v) is 7.69. The molecule has 0 saturated heterocycles. The fraction of sp³-hybridized carbons (Fsp3) is 0.385. The molecule has 3 aromatic rings. The fourth-order valence-corrected chi connectivity index (χ4v) is 3.63. The van der Waals surface area contributed by atoms with E-state index in [0.29, 0.717) is 28.7 Å². The number of ether oxygens (including phenoxy) is 2. The molecule has 0 bridgehead atoms. The van der Waals surface area contributed by atoms with Gasteiger partial charge in [0.1, 0.15) is 17.6 Å². The predicted molar refractivity (Wildman–Crippen MR) is 122 cm³/mol. The number of hydrogen-bond acceptors (Lipinski definition) is 5. The van der Waals surface area contributed by atoms with E-state index in [1.165, 1.54) is 32.6 Å². The summed E-state index contributed by atoms with van der Waals surface area (Å²) in [4.78, 5) is 25.1. The molecule has 0 amide bonds. The van der Waals surface area contributed by atoms with Crippen molar-refractivity contribution in [2.24, 2.45) is 0 Å². The summed E-state index contributed by atoms with van der Waals surface area (Å²) in [5.41, 5.74) is 1.64. The van der Waals surface area contributed by atoms with Crippen molar-refractivity contribution in [3.63, 3.8) is 0 Å². The van der Waals surface area contributed by atoms with E-state index >= 15 is 0 Å². The largest absolute Gasteiger partial charge is 0.479 e. The first-order valence-electron chi connectivity index (χ1n) is 11.0. The van der Waals surface area contributed by atoms with Crippen molar-refractivity contribution in [1.29, 1.82) is 0 Å². The van der Waals surface area contributed by atoms with Gasteiger partial charge in [-0.25, -0.2) is 4.79 Å². The molecule has 2 aromatic carbocycles. The molecule has 1 atom stereocenters. The van der Waals surface area contributed by atoms with Crippen molar-refractivity contribution in [2.75, 3.05) is 7.11 Å². The van der Waals surface area contributed by atoms with Gasteiger partial charge in [-0.1, -0.05) is 69.4 Å². The van der Waals surface area contributed by atoms with E-state index < -0.39 is 12.1 Å². The second kappa shape index (κ2) is 11.3. The Kier molecular flexibility index (Phi) is 8.27. The van der Waals surface area contributed by atoms with Crippen LogP contribution in [0.2, 0.25) is 0 Å². The third kappa shape index (κ3) is 5.97. The second-order valence-electron chi connectivity index (χ2n) is 7.69. The van der Waals surface area contributed by atoms with Crippen LogP contribution >= 0.6 is 0 Å². The standard InChI is InChI=1S/C26H30O5/c1-3-4-5-6-7-11-14-23(26(28)29-2)31-20-15-16-21-24(17-20)30-18-22(25(21)27)19-12-9-8-10-13-19/h8-10,12-13,15-18,23H,3-7,11,14H2,1-2H3/t23-/m0/s1. The van der Waals surface area contributed by atoms with Crippen LogP contribution in [0.15, 0.2) is 64.0 Å². The molecule has 5 heteroatoms. The summed E-state index contributed by atoms with van der Waals surface area (Å²) >= 11 is 0. The van der Waals surface area contributed by atoms with Crippen LogP contribution in [0, 0.1) is 0 Å². The predicted octanol–water partition coefficient (Wildman–Crippen LogP) is 6.13. The Morgan fingerprint density at radius 3 is 2.48 bits per heavy atom. The minimum atomic E-state index is -0.677. The molecule has 3 rings (SSSR count). The molecule has 0 fully saturated rings. The lowest BCUT2D eigenvalue weighted by atomic mass is 10.1. The van der Waals surface area contributed by atoms with Gasteiger partial charge in [-0.3, -0.25) is 4.79 Å². The zero-order valence-electron chi connectivity index (χ0n) is 18.3. The first kappa shape index (κ1) is 22.6. The Labute approximate surface area is 183 Å². The quantitative estimate of drug-likeness (QED) is 0.275. The number of methoxy groups -OCH3 is 1. The number of carbonyl (C=O) groups excluding carboxylic acids is 1. The van der Waals surface area contributed by atoms with E-state index in [9.17, 15) is 9.59 Å². The van der Waals surface area contributed by atoms with Crippen molar-refractivity contribution in [3.8, 4) is 16.9 Å². The van der Waals surface area contributed by atoms with Crippen LogP contribution < -0.4 is 10.2 Å². The van der Waals surface area contributed by atoms with Crippen LogP contribution in [-0.2, 0) is 9.53 Å². The molecular weight excluding hydrogens is 392 g/mol. The molecule has 0 unspecified atom stereocenters. The zero-order chi connectivity index (χ0) is 22.1. The maximum absolute atomic E-state index is 12.9. The Bertz CT molecular complexity index is 1040. The van der Waals surface area contributed by atoms with Crippen LogP contribution in [-0.4, -0.2) is 19.2 Å². The lowest BCUT2D eigenvalue weighted by Crippen LogP contribution is -2.28. The Hall–Kier alpha value is -3.08. The van der Waals surface area contributed by atoms with E-state index in [-0.39, 0.29) is 5.43 Å². The minimum absolute atomic E-state index is 0.101. The smallest absolute Gasteiger partial charge is 0.347 e. The molecule has 0 aliphatic heterocycles. The van der Waals surface area contributed by atoms with Gasteiger partial charge in [0, 0.05) is 6.07 Å². The van der Waals surface area contributed by atoms with Gasteiger partial charge >= 0.3 is 5.97 Å². The van der Waals surface area contributed by atoms with E-state index in [1.807, 2.05) is 30.3 Å². The Morgan fingerprint density at radius 1 is 1.00 bits per heavy atom. The summed E-state index contributed by atoms with van der Waals surface area (Å²) in [5, 5.41) is 0.472. The third-order valence-electron chi connectivity index (χ3n) is 5.39. The minimum Gasteiger partial charge on any atom is -0.479 e. The third-order valence-corrected chi connectivity index (χ3v) is 5.39. The van der Waals surface area contributed by atoms with Gasteiger partial charge in [-0.05, 0) is 30.5 Å². The fourth-order valence-electron chi connectivity index (χ4n) is 3.63. The van der Waals surface area contributed by atoms with E-state index in [2.05, 4.69) is 6.92 Å². The highest BCUT2D eigenvalue weighted by Crippen LogP contribution is 2.24. The van der Waals surface area contributed by atoms with Crippen LogP contribution in [0.5, 0.6) is 5.75 Å². The summed E-state index contributed by atoms with van der Waals surface area (Å²) in [6, 6.07) is 14.4. The normalized spacial score (nSPS) is 11.9. The van der Waals surface area contributed by atoms with Gasteiger partial charge in [0.05, 0.1) is 18.1 Å². The van der Waals surface area contributed by atoms with Crippen molar-refractivity contribution in [3.05, 3.63) is 65.0 Å². The topological polar surface area (TPSA) is 65.7 Å². The van der Waals surface area contributed by atoms with E-state index in [0.717, 1.165) is 24.8 Å². The lowest BCUT2D eigenvalue weighted by Gasteiger charge is -2.17. The van der Waals surface area contributed by atoms with E-state index in [1.54, 1.807) is 18.2 Å². The highest BCUT2D eigenvalue weighted by molar-refractivity contribution is 5.83. The number of carbonyl (C=O) groups is 1. The van der Waals surface area contributed by atoms with Crippen molar-refractivity contribution in [2.45, 2.75) is 58.0 Å². The van der Waals surface area contributed by atoms with Crippen molar-refractivity contribution in [1.82, 2.24) is 0 Å². The maximum Gasteiger partial charge on any atom is 0.347 e. The maximum atomic E-state index is 12.9. The monoisotopic (exact) mass is 422 g/mol. The van der Waals surface area contributed by atoms with Gasteiger partial charge in [0.15, 0.2) is 11.5 Å². The van der Waals surface area contributed by atoms with Gasteiger partial charge < -0.3 is 13.9 Å². The highest BCUT2D eigenvalue weighted by atomic mass is 16.6. The number of fused-ring (bicyclic) bond motifs is 1. The van der Waals surface area contributed by atoms with E-state index in [4.69, 9.17) is 13.9 Å². The summed E-state index contributed by atoms with van der Waals surface area (Å²) < 4.78 is 16.6. The summed E-state index contributed by atoms with van der Waals surface area (Å²) in [7, 11) is 1.37. The number of esters is 1. The molecule has 0 aliphatic carbocycles. The highest BCUT2D eigenvalue weighted by Gasteiger charge is 2.21. The first-order chi connectivity index (χ1) is 15.1. The lowest BCUT2D eigenvalue weighted by molar-refractivity contribution is -0.149. The molecule has 0 saturated carbocycles. The molecular formula is C26H30O5. The molecule has 1 heterocycles. The molecule has 164 valence electrons. The molecule has 0 aliphatic rings. The summed E-state index contributed by atoms with van der Waals surface area (Å²) in [6.45, 7) is 2.19. The first-order valence-corrected chi connectivity index (χ1v) is 11.0. The average molecular weight is 423 g/mol. The number of benzene rings is 2. The summed E-state index contributed by atoms with van der Waals surface area (Å²) in [5.74, 6) is 0.0824. The molecule has 0 radical (unpaired) electrons. The number of unbranched alkanes of at least 4 members (excludes halogenated alkanes) is 5. The molecule has 5 nitrogen and oxygen atoms in total. The zero-order valence-corrected chi connectivity index (χ0v) is 18.3. The van der Waals surface area contributed by atoms with Crippen LogP contribution in [0.4, 0.5) is 0 Å². The summed E-state index contributed by atoms with van der Waals surface area (Å²) in [6.07, 6.45) is 8.17. The van der Waals surface area contributed by atoms with Gasteiger partial charge in [-0.15, -0.1) is 0 Å². The van der Waals surface area contributed by atoms with Crippen LogP contribution in [0.25, 0.3) is 22.1 Å². The Morgan fingerprint density at radius 2 is 1.74 bits per heavy atom. The number of hydrogen-bond donors (Lipinski definition) is 0. The molecule has 0 spiro atoms. The van der Waals surface area contributed by atoms with Gasteiger partial charge in [-0.2, -0.15) is 0 Å². The van der Waals surface area contributed by atoms with Crippen molar-refractivity contribution >= 4 is 16.9 Å². The molecule has 1 aromatic heterocycles. The van der Waals surface area contributed by atoms with Crippen LogP contribution in [0.3, 0.4) is 0 Å². The number of rotatable bonds is 11. The van der Waals surface area contributed by atoms with Gasteiger partial charge in [0.25, 0.3) is 0 Å². The molecule has 31 heavy (non-hydrogen) atoms. The van der Waals surface area contributed by atoms with Crippen LogP contribution in [0.1, 0.15) is 51.9 Å². The van der Waals surface area contributed by atoms with Crippen molar-refractivity contribution < 1.29 is 18.7 Å². The average Bonchev–Trinajstić information content (AvgIpc) is 2.80.